The van der Waals surface area contributed by atoms with Crippen molar-refractivity contribution in [1.29, 1.82) is 0 Å². The van der Waals surface area contributed by atoms with Gasteiger partial charge < -0.3 is 0 Å². The van der Waals surface area contributed by atoms with Gasteiger partial charge in [0, 0.05) is 24.3 Å². The molecule has 0 bridgehead atoms. The summed E-state index contributed by atoms with van der Waals surface area (Å²) in [5.41, 5.74) is 3.60. The Kier molecular flexibility index (Phi) is 6.05. The number of carbonyl (C=O) groups excluding carboxylic acids is 2. The second kappa shape index (κ2) is 9.37. The molecule has 0 radical (unpaired) electrons. The van der Waals surface area contributed by atoms with Gasteiger partial charge >= 0.3 is 0 Å². The van der Waals surface area contributed by atoms with E-state index in [-0.39, 0.29) is 23.4 Å². The van der Waals surface area contributed by atoms with E-state index in [1.165, 1.54) is 29.5 Å². The van der Waals surface area contributed by atoms with E-state index in [1.807, 2.05) is 29.2 Å². The van der Waals surface area contributed by atoms with Crippen molar-refractivity contribution < 1.29 is 14.0 Å². The van der Waals surface area contributed by atoms with Crippen molar-refractivity contribution in [2.45, 2.75) is 24.1 Å². The predicted octanol–water partition coefficient (Wildman–Crippen LogP) is 5.02. The summed E-state index contributed by atoms with van der Waals surface area (Å²) < 4.78 is 13.6. The number of likely N-dealkylation sites (tertiary alicyclic amines) is 1. The van der Waals surface area contributed by atoms with Crippen molar-refractivity contribution in [1.82, 2.24) is 4.90 Å². The lowest BCUT2D eigenvalue weighted by Gasteiger charge is -2.36. The molecule has 2 fully saturated rings. The summed E-state index contributed by atoms with van der Waals surface area (Å²) in [7, 11) is 0. The average Bonchev–Trinajstić information content (AvgIpc) is 3.37. The highest BCUT2D eigenvalue weighted by molar-refractivity contribution is 8.02. The molecule has 0 saturated carbocycles. The zero-order chi connectivity index (χ0) is 24.7. The third-order valence-electron chi connectivity index (χ3n) is 7.56. The lowest BCUT2D eigenvalue weighted by molar-refractivity contribution is -0.124. The smallest absolute Gasteiger partial charge is 0.269 e. The molecule has 36 heavy (non-hydrogen) atoms. The zero-order valence-electron chi connectivity index (χ0n) is 20.0. The van der Waals surface area contributed by atoms with E-state index in [1.54, 1.807) is 17.0 Å². The van der Waals surface area contributed by atoms with Gasteiger partial charge in [-0.15, -0.1) is 11.8 Å². The first-order valence-corrected chi connectivity index (χ1v) is 13.4. The molecule has 7 heteroatoms. The van der Waals surface area contributed by atoms with Crippen LogP contribution in [0.4, 0.5) is 15.8 Å². The molecule has 2 amide bonds. The lowest BCUT2D eigenvalue weighted by Crippen LogP contribution is -2.52. The normalized spacial score (nSPS) is 22.6. The van der Waals surface area contributed by atoms with Crippen LogP contribution in [0.15, 0.2) is 78.9 Å². The highest BCUT2D eigenvalue weighted by atomic mass is 32.2. The minimum Gasteiger partial charge on any atom is -0.295 e. The average molecular weight is 502 g/mol. The number of carbonyl (C=O) groups is 2. The maximum absolute atomic E-state index is 14.2. The zero-order valence-corrected chi connectivity index (χ0v) is 20.8. The van der Waals surface area contributed by atoms with Gasteiger partial charge in [-0.25, -0.2) is 4.39 Å². The van der Waals surface area contributed by atoms with Crippen LogP contribution in [-0.2, 0) is 20.9 Å². The van der Waals surface area contributed by atoms with E-state index >= 15 is 0 Å². The van der Waals surface area contributed by atoms with Gasteiger partial charge in [-0.3, -0.25) is 24.3 Å². The number of hydrogen-bond donors (Lipinski definition) is 0. The second-order valence-corrected chi connectivity index (χ2v) is 10.9. The molecule has 2 saturated heterocycles. The summed E-state index contributed by atoms with van der Waals surface area (Å²) in [4.78, 5) is 31.9. The molecule has 3 aromatic carbocycles. The first-order valence-electron chi connectivity index (χ1n) is 12.5. The first kappa shape index (κ1) is 23.3. The molecular weight excluding hydrogens is 473 g/mol. The van der Waals surface area contributed by atoms with Gasteiger partial charge in [0.25, 0.3) is 5.91 Å². The number of rotatable bonds is 5. The Labute approximate surface area is 214 Å². The largest absolute Gasteiger partial charge is 0.295 e. The fourth-order valence-corrected chi connectivity index (χ4v) is 7.12. The SMILES string of the molecule is O=C1CSC2(C(=O)N(CN3CCC(Cc4ccccc4)CC3)c3ccccc32)N1c1ccc(F)cc1. The van der Waals surface area contributed by atoms with Gasteiger partial charge in [0.1, 0.15) is 5.82 Å². The third-order valence-corrected chi connectivity index (χ3v) is 8.95. The molecular formula is C29H28FN3O2S. The second-order valence-electron chi connectivity index (χ2n) is 9.78. The van der Waals surface area contributed by atoms with Crippen molar-refractivity contribution in [2.24, 2.45) is 5.92 Å². The molecule has 1 spiro atoms. The minimum atomic E-state index is -1.16. The molecule has 1 unspecified atom stereocenters. The summed E-state index contributed by atoms with van der Waals surface area (Å²) in [5, 5.41) is 0. The van der Waals surface area contributed by atoms with E-state index in [9.17, 15) is 14.0 Å². The third kappa shape index (κ3) is 3.91. The summed E-state index contributed by atoms with van der Waals surface area (Å²) in [5.74, 6) is 0.237. The molecule has 0 aliphatic carbocycles. The first-order chi connectivity index (χ1) is 17.6. The van der Waals surface area contributed by atoms with E-state index < -0.39 is 4.87 Å². The molecule has 0 N–H and O–H groups in total. The Morgan fingerprint density at radius 1 is 0.889 bits per heavy atom. The minimum absolute atomic E-state index is 0.102. The van der Waals surface area contributed by atoms with Crippen LogP contribution in [0, 0.1) is 11.7 Å². The summed E-state index contributed by atoms with van der Waals surface area (Å²) in [6.07, 6.45) is 3.28. The van der Waals surface area contributed by atoms with Crippen LogP contribution in [0.3, 0.4) is 0 Å². The number of hydrogen-bond acceptors (Lipinski definition) is 4. The molecule has 3 aromatic rings. The van der Waals surface area contributed by atoms with E-state index in [2.05, 4.69) is 35.2 Å². The number of thioether (sulfide) groups is 1. The van der Waals surface area contributed by atoms with Crippen LogP contribution in [0.2, 0.25) is 0 Å². The van der Waals surface area contributed by atoms with Gasteiger partial charge in [0.15, 0.2) is 0 Å². The number of halogens is 1. The number of nitrogens with zero attached hydrogens (tertiary/aromatic N) is 3. The summed E-state index contributed by atoms with van der Waals surface area (Å²) in [6.45, 7) is 2.37. The maximum atomic E-state index is 14.2. The lowest BCUT2D eigenvalue weighted by atomic mass is 9.90. The highest BCUT2D eigenvalue weighted by Gasteiger charge is 2.61. The molecule has 5 nitrogen and oxygen atoms in total. The Hall–Kier alpha value is -3.16. The van der Waals surface area contributed by atoms with Crippen LogP contribution < -0.4 is 9.80 Å². The molecule has 3 heterocycles. The Balaban J connectivity index is 1.24. The molecule has 1 atom stereocenters. The van der Waals surface area contributed by atoms with Crippen LogP contribution in [0.25, 0.3) is 0 Å². The molecule has 3 aliphatic rings. The van der Waals surface area contributed by atoms with Crippen molar-refractivity contribution in [2.75, 3.05) is 35.3 Å². The number of para-hydroxylation sites is 1. The number of amides is 2. The topological polar surface area (TPSA) is 43.9 Å². The van der Waals surface area contributed by atoms with Gasteiger partial charge in [-0.2, -0.15) is 0 Å². The number of anilines is 2. The maximum Gasteiger partial charge on any atom is 0.269 e. The summed E-state index contributed by atoms with van der Waals surface area (Å²) in [6, 6.07) is 24.2. The van der Waals surface area contributed by atoms with Crippen molar-refractivity contribution in [3.8, 4) is 0 Å². The van der Waals surface area contributed by atoms with E-state index in [0.717, 1.165) is 43.6 Å². The van der Waals surface area contributed by atoms with Gasteiger partial charge in [-0.05, 0) is 61.1 Å². The number of benzene rings is 3. The molecule has 6 rings (SSSR count). The van der Waals surface area contributed by atoms with E-state index in [0.29, 0.717) is 18.3 Å². The number of piperidine rings is 1. The van der Waals surface area contributed by atoms with Crippen LogP contribution >= 0.6 is 11.8 Å². The van der Waals surface area contributed by atoms with Gasteiger partial charge in [-0.1, -0.05) is 48.5 Å². The van der Waals surface area contributed by atoms with Crippen LogP contribution in [0.5, 0.6) is 0 Å². The standard InChI is InChI=1S/C29H28FN3O2S/c30-23-10-12-24(13-11-23)33-27(34)19-36-29(33)25-8-4-5-9-26(25)32(28(29)35)20-31-16-14-22(15-17-31)18-21-6-2-1-3-7-21/h1-13,22H,14-20H2. The Morgan fingerprint density at radius 2 is 1.58 bits per heavy atom. The predicted molar refractivity (Wildman–Crippen MR) is 141 cm³/mol. The van der Waals surface area contributed by atoms with Crippen molar-refractivity contribution in [3.63, 3.8) is 0 Å². The van der Waals surface area contributed by atoms with Gasteiger partial charge in [0.05, 0.1) is 18.1 Å². The Morgan fingerprint density at radius 3 is 2.33 bits per heavy atom. The van der Waals surface area contributed by atoms with Crippen LogP contribution in [-0.4, -0.2) is 42.2 Å². The van der Waals surface area contributed by atoms with Crippen molar-refractivity contribution >= 4 is 35.0 Å². The highest BCUT2D eigenvalue weighted by Crippen LogP contribution is 2.55. The molecule has 3 aliphatic heterocycles. The molecule has 0 aromatic heterocycles. The van der Waals surface area contributed by atoms with Crippen molar-refractivity contribution in [3.05, 3.63) is 95.8 Å². The fraction of sp³-hybridized carbons (Fsp3) is 0.310. The fourth-order valence-electron chi connectivity index (χ4n) is 5.77. The summed E-state index contributed by atoms with van der Waals surface area (Å²) >= 11 is 1.36. The van der Waals surface area contributed by atoms with Crippen LogP contribution in [0.1, 0.15) is 24.0 Å². The number of fused-ring (bicyclic) bond motifs is 2. The molecule has 184 valence electrons. The Bertz CT molecular complexity index is 1280. The quantitative estimate of drug-likeness (QED) is 0.493. The van der Waals surface area contributed by atoms with Gasteiger partial charge in [0.2, 0.25) is 10.8 Å². The monoisotopic (exact) mass is 501 g/mol. The van der Waals surface area contributed by atoms with E-state index in [4.69, 9.17) is 0 Å².